The number of carbonyl (C=O) groups excluding carboxylic acids is 1. The number of unbranched alkanes of at least 4 members (excludes halogenated alkanes) is 1. The van der Waals surface area contributed by atoms with E-state index in [9.17, 15) is 4.79 Å². The van der Waals surface area contributed by atoms with Crippen LogP contribution in [0.15, 0.2) is 35.4 Å². The standard InChI is InChI=1S/C17H24N2O2/c1-4-6-12-19-16(14-10-8-7-9-11-14)13(3)15(18-19)17(20)21-5-2/h7-11,13,16H,4-6,12H2,1-3H3/t13-,16-/m0/s1. The molecule has 21 heavy (non-hydrogen) atoms. The molecule has 0 aromatic heterocycles. The maximum absolute atomic E-state index is 12.1. The molecule has 1 aliphatic rings. The van der Waals surface area contributed by atoms with Crippen molar-refractivity contribution < 1.29 is 9.53 Å². The van der Waals surface area contributed by atoms with Crippen LogP contribution < -0.4 is 0 Å². The SMILES string of the molecule is CCCCN1N=C(C(=O)OCC)[C@H](C)[C@H]1c1ccccc1. The van der Waals surface area contributed by atoms with Crippen molar-refractivity contribution >= 4 is 11.7 Å². The van der Waals surface area contributed by atoms with Crippen LogP contribution in [0.5, 0.6) is 0 Å². The first-order valence-electron chi connectivity index (χ1n) is 7.76. The Morgan fingerprint density at radius 3 is 2.62 bits per heavy atom. The Labute approximate surface area is 126 Å². The summed E-state index contributed by atoms with van der Waals surface area (Å²) in [5, 5.41) is 6.61. The van der Waals surface area contributed by atoms with Crippen molar-refractivity contribution in [2.45, 2.75) is 39.7 Å². The third-order valence-corrected chi connectivity index (χ3v) is 3.83. The van der Waals surface area contributed by atoms with E-state index in [4.69, 9.17) is 4.74 Å². The second-order valence-corrected chi connectivity index (χ2v) is 5.37. The lowest BCUT2D eigenvalue weighted by Gasteiger charge is -2.26. The van der Waals surface area contributed by atoms with Gasteiger partial charge in [-0.15, -0.1) is 0 Å². The highest BCUT2D eigenvalue weighted by Gasteiger charge is 2.38. The van der Waals surface area contributed by atoms with Gasteiger partial charge in [0.15, 0.2) is 5.71 Å². The molecule has 2 rings (SSSR count). The molecule has 1 aromatic carbocycles. The predicted octanol–water partition coefficient (Wildman–Crippen LogP) is 3.40. The molecule has 0 spiro atoms. The van der Waals surface area contributed by atoms with Gasteiger partial charge in [0, 0.05) is 12.5 Å². The minimum absolute atomic E-state index is 0.0447. The molecule has 0 aliphatic carbocycles. The van der Waals surface area contributed by atoms with Crippen molar-refractivity contribution in [3.05, 3.63) is 35.9 Å². The quantitative estimate of drug-likeness (QED) is 0.753. The van der Waals surface area contributed by atoms with Crippen LogP contribution in [-0.2, 0) is 9.53 Å². The van der Waals surface area contributed by atoms with E-state index in [2.05, 4.69) is 36.1 Å². The van der Waals surface area contributed by atoms with Gasteiger partial charge in [-0.1, -0.05) is 50.6 Å². The Hall–Kier alpha value is -1.84. The van der Waals surface area contributed by atoms with E-state index < -0.39 is 0 Å². The Bertz CT molecular complexity index is 499. The van der Waals surface area contributed by atoms with E-state index in [1.807, 2.05) is 25.1 Å². The number of ether oxygens (including phenoxy) is 1. The van der Waals surface area contributed by atoms with E-state index in [-0.39, 0.29) is 17.9 Å². The van der Waals surface area contributed by atoms with Gasteiger partial charge in [0.1, 0.15) is 0 Å². The van der Waals surface area contributed by atoms with Crippen LogP contribution in [0.25, 0.3) is 0 Å². The van der Waals surface area contributed by atoms with E-state index in [1.54, 1.807) is 0 Å². The zero-order chi connectivity index (χ0) is 15.2. The van der Waals surface area contributed by atoms with E-state index in [0.717, 1.165) is 19.4 Å². The van der Waals surface area contributed by atoms with Gasteiger partial charge in [-0.3, -0.25) is 5.01 Å². The molecule has 0 saturated heterocycles. The number of rotatable bonds is 6. The molecule has 0 saturated carbocycles. The molecule has 2 atom stereocenters. The molecular weight excluding hydrogens is 264 g/mol. The highest BCUT2D eigenvalue weighted by molar-refractivity contribution is 6.37. The number of hydrazone groups is 1. The van der Waals surface area contributed by atoms with E-state index in [0.29, 0.717) is 12.3 Å². The van der Waals surface area contributed by atoms with Crippen molar-refractivity contribution in [1.29, 1.82) is 0 Å². The third-order valence-electron chi connectivity index (χ3n) is 3.83. The average molecular weight is 288 g/mol. The highest BCUT2D eigenvalue weighted by Crippen LogP contribution is 2.35. The van der Waals surface area contributed by atoms with E-state index in [1.165, 1.54) is 5.56 Å². The molecule has 0 amide bonds. The minimum Gasteiger partial charge on any atom is -0.461 e. The van der Waals surface area contributed by atoms with Crippen LogP contribution in [0.2, 0.25) is 0 Å². The predicted molar refractivity (Wildman–Crippen MR) is 84.0 cm³/mol. The fourth-order valence-corrected chi connectivity index (χ4v) is 2.75. The monoisotopic (exact) mass is 288 g/mol. The largest absolute Gasteiger partial charge is 0.461 e. The lowest BCUT2D eigenvalue weighted by atomic mass is 9.91. The van der Waals surface area contributed by atoms with Gasteiger partial charge >= 0.3 is 5.97 Å². The fraction of sp³-hybridized carbons (Fsp3) is 0.529. The van der Waals surface area contributed by atoms with Crippen LogP contribution in [0.4, 0.5) is 0 Å². The maximum Gasteiger partial charge on any atom is 0.354 e. The Balaban J connectivity index is 2.25. The summed E-state index contributed by atoms with van der Waals surface area (Å²) in [4.78, 5) is 12.1. The molecule has 1 aromatic rings. The lowest BCUT2D eigenvalue weighted by Crippen LogP contribution is -2.27. The summed E-state index contributed by atoms with van der Waals surface area (Å²) in [5.74, 6) is -0.242. The van der Waals surface area contributed by atoms with Gasteiger partial charge in [-0.05, 0) is 18.9 Å². The van der Waals surface area contributed by atoms with Gasteiger partial charge < -0.3 is 4.74 Å². The summed E-state index contributed by atoms with van der Waals surface area (Å²) >= 11 is 0. The summed E-state index contributed by atoms with van der Waals surface area (Å²) in [5.41, 5.74) is 1.74. The Morgan fingerprint density at radius 2 is 2.00 bits per heavy atom. The number of esters is 1. The zero-order valence-electron chi connectivity index (χ0n) is 13.1. The van der Waals surface area contributed by atoms with Crippen molar-refractivity contribution in [3.63, 3.8) is 0 Å². The first-order chi connectivity index (χ1) is 10.2. The van der Waals surface area contributed by atoms with Crippen LogP contribution >= 0.6 is 0 Å². The fourth-order valence-electron chi connectivity index (χ4n) is 2.75. The van der Waals surface area contributed by atoms with Crippen LogP contribution in [0.1, 0.15) is 45.2 Å². The number of benzene rings is 1. The minimum atomic E-state index is -0.287. The van der Waals surface area contributed by atoms with Crippen LogP contribution in [-0.4, -0.2) is 29.8 Å². The van der Waals surface area contributed by atoms with Gasteiger partial charge in [0.2, 0.25) is 0 Å². The van der Waals surface area contributed by atoms with Crippen LogP contribution in [0, 0.1) is 5.92 Å². The highest BCUT2D eigenvalue weighted by atomic mass is 16.5. The third kappa shape index (κ3) is 3.43. The summed E-state index contributed by atoms with van der Waals surface area (Å²) in [6.45, 7) is 7.28. The number of hydrogen-bond acceptors (Lipinski definition) is 4. The number of carbonyl (C=O) groups is 1. The summed E-state index contributed by atoms with van der Waals surface area (Å²) in [6.07, 6.45) is 2.17. The maximum atomic E-state index is 12.1. The molecule has 0 N–H and O–H groups in total. The van der Waals surface area contributed by atoms with Gasteiger partial charge in [0.05, 0.1) is 12.6 Å². The number of hydrogen-bond donors (Lipinski definition) is 0. The van der Waals surface area contributed by atoms with Crippen molar-refractivity contribution in [1.82, 2.24) is 5.01 Å². The molecule has 4 nitrogen and oxygen atoms in total. The smallest absolute Gasteiger partial charge is 0.354 e. The second-order valence-electron chi connectivity index (χ2n) is 5.37. The molecule has 1 heterocycles. The Morgan fingerprint density at radius 1 is 1.29 bits per heavy atom. The van der Waals surface area contributed by atoms with Crippen molar-refractivity contribution in [2.75, 3.05) is 13.2 Å². The topological polar surface area (TPSA) is 41.9 Å². The molecule has 0 bridgehead atoms. The second kappa shape index (κ2) is 7.25. The lowest BCUT2D eigenvalue weighted by molar-refractivity contribution is -0.135. The van der Waals surface area contributed by atoms with Gasteiger partial charge in [-0.2, -0.15) is 5.10 Å². The molecule has 0 fully saturated rings. The van der Waals surface area contributed by atoms with E-state index >= 15 is 0 Å². The first kappa shape index (κ1) is 15.5. The average Bonchev–Trinajstić information content (AvgIpc) is 2.83. The Kier molecular flexibility index (Phi) is 5.37. The normalized spacial score (nSPS) is 21.3. The molecule has 114 valence electrons. The molecule has 0 unspecified atom stereocenters. The van der Waals surface area contributed by atoms with Gasteiger partial charge in [0.25, 0.3) is 0 Å². The number of nitrogens with zero attached hydrogens (tertiary/aromatic N) is 2. The molecule has 0 radical (unpaired) electrons. The van der Waals surface area contributed by atoms with Gasteiger partial charge in [-0.25, -0.2) is 4.79 Å². The summed E-state index contributed by atoms with van der Waals surface area (Å²) < 4.78 is 5.14. The summed E-state index contributed by atoms with van der Waals surface area (Å²) in [6, 6.07) is 10.4. The molecule has 4 heteroatoms. The first-order valence-corrected chi connectivity index (χ1v) is 7.76. The van der Waals surface area contributed by atoms with Crippen molar-refractivity contribution in [3.8, 4) is 0 Å². The zero-order valence-corrected chi connectivity index (χ0v) is 13.1. The summed E-state index contributed by atoms with van der Waals surface area (Å²) in [7, 11) is 0. The van der Waals surface area contributed by atoms with Crippen molar-refractivity contribution in [2.24, 2.45) is 11.0 Å². The van der Waals surface area contributed by atoms with Crippen LogP contribution in [0.3, 0.4) is 0 Å². The molecule has 1 aliphatic heterocycles. The molecular formula is C17H24N2O2.